The summed E-state index contributed by atoms with van der Waals surface area (Å²) in [6, 6.07) is 25.1. The first kappa shape index (κ1) is 25.2. The number of furan rings is 2. The highest BCUT2D eigenvalue weighted by Gasteiger charge is 2.41. The average Bonchev–Trinajstić information content (AvgIpc) is 3.79. The van der Waals surface area contributed by atoms with Gasteiger partial charge in [-0.3, -0.25) is 9.59 Å². The summed E-state index contributed by atoms with van der Waals surface area (Å²) in [5, 5.41) is 0. The maximum atomic E-state index is 13.7. The Hall–Kier alpha value is -5.06. The first-order chi connectivity index (χ1) is 19.5. The number of hydrogen-bond donors (Lipinski definition) is 0. The Bertz CT molecular complexity index is 1620. The van der Waals surface area contributed by atoms with E-state index in [-0.39, 0.29) is 33.0 Å². The van der Waals surface area contributed by atoms with Crippen LogP contribution in [0.15, 0.2) is 128 Å². The van der Waals surface area contributed by atoms with Crippen molar-refractivity contribution in [3.05, 3.63) is 131 Å². The number of thiocarbonyl (C=S) groups is 2. The topological polar surface area (TPSA) is 91.6 Å². The van der Waals surface area contributed by atoms with Crippen molar-refractivity contribution in [1.29, 1.82) is 0 Å². The summed E-state index contributed by atoms with van der Waals surface area (Å²) >= 11 is 11.6. The molecule has 194 valence electrons. The van der Waals surface area contributed by atoms with Crippen molar-refractivity contribution in [3.8, 4) is 0 Å². The van der Waals surface area contributed by atoms with E-state index < -0.39 is 11.8 Å². The molecule has 8 nitrogen and oxygen atoms in total. The molecule has 2 aromatic carbocycles. The molecule has 2 aliphatic heterocycles. The highest BCUT2D eigenvalue weighted by atomic mass is 32.1. The average molecular weight is 563 g/mol. The maximum Gasteiger partial charge on any atom is 0.283 e. The summed E-state index contributed by atoms with van der Waals surface area (Å²) < 4.78 is 10.8. The summed E-state index contributed by atoms with van der Waals surface area (Å²) in [5.41, 5.74) is 1.52. The summed E-state index contributed by atoms with van der Waals surface area (Å²) in [4.78, 5) is 38.9. The van der Waals surface area contributed by atoms with Crippen LogP contribution in [-0.4, -0.2) is 43.3 Å². The van der Waals surface area contributed by atoms with Gasteiger partial charge < -0.3 is 8.83 Å². The predicted octanol–water partition coefficient (Wildman–Crippen LogP) is 5.49. The largest absolute Gasteiger partial charge is 0.465 e. The molecule has 0 unspecified atom stereocenters. The lowest BCUT2D eigenvalue weighted by Crippen LogP contribution is -2.49. The fourth-order valence-corrected chi connectivity index (χ4v) is 4.70. The molecule has 0 bridgehead atoms. The molecule has 0 fully saturated rings. The second-order valence-electron chi connectivity index (χ2n) is 8.58. The van der Waals surface area contributed by atoms with E-state index in [1.54, 1.807) is 24.3 Å². The zero-order valence-electron chi connectivity index (χ0n) is 20.6. The Morgan fingerprint density at radius 2 is 1.00 bits per heavy atom. The van der Waals surface area contributed by atoms with Crippen LogP contribution in [0.3, 0.4) is 0 Å². The number of amidine groups is 2. The fraction of sp³-hybridized carbons (Fsp3) is 0. The van der Waals surface area contributed by atoms with E-state index >= 15 is 0 Å². The number of carbonyl (C=O) groups excluding carboxylic acids is 2. The highest BCUT2D eigenvalue weighted by Crippen LogP contribution is 2.27. The Morgan fingerprint density at radius 3 is 1.35 bits per heavy atom. The van der Waals surface area contributed by atoms with Crippen LogP contribution >= 0.6 is 24.4 Å². The third-order valence-corrected chi connectivity index (χ3v) is 6.90. The van der Waals surface area contributed by atoms with Crippen molar-refractivity contribution in [1.82, 2.24) is 9.80 Å². The zero-order valence-corrected chi connectivity index (χ0v) is 22.3. The predicted molar refractivity (Wildman–Crippen MR) is 158 cm³/mol. The molecule has 0 atom stereocenters. The van der Waals surface area contributed by atoms with Gasteiger partial charge in [-0.05, 0) is 24.3 Å². The molecule has 6 rings (SSSR count). The van der Waals surface area contributed by atoms with E-state index in [9.17, 15) is 9.59 Å². The Labute approximate surface area is 239 Å². The Morgan fingerprint density at radius 1 is 0.600 bits per heavy atom. The third kappa shape index (κ3) is 4.66. The minimum atomic E-state index is -0.501. The zero-order chi connectivity index (χ0) is 27.6. The van der Waals surface area contributed by atoms with E-state index in [1.165, 1.54) is 34.5 Å². The van der Waals surface area contributed by atoms with E-state index in [2.05, 4.69) is 9.98 Å². The van der Waals surface area contributed by atoms with Gasteiger partial charge in [-0.2, -0.15) is 0 Å². The van der Waals surface area contributed by atoms with Gasteiger partial charge in [0, 0.05) is 23.3 Å². The van der Waals surface area contributed by atoms with Crippen molar-refractivity contribution in [3.63, 3.8) is 0 Å². The van der Waals surface area contributed by atoms with Crippen LogP contribution in [0.1, 0.15) is 22.6 Å². The lowest BCUT2D eigenvalue weighted by molar-refractivity contribution is -0.121. The van der Waals surface area contributed by atoms with Gasteiger partial charge in [0.15, 0.2) is 9.98 Å². The van der Waals surface area contributed by atoms with Crippen LogP contribution in [0, 0.1) is 0 Å². The maximum absolute atomic E-state index is 13.7. The molecule has 2 aromatic heterocycles. The molecule has 0 radical (unpaired) electrons. The monoisotopic (exact) mass is 562 g/mol. The lowest BCUT2D eigenvalue weighted by atomic mass is 10.2. The second-order valence-corrected chi connectivity index (χ2v) is 9.36. The van der Waals surface area contributed by atoms with Crippen LogP contribution in [0.25, 0.3) is 12.2 Å². The number of amides is 2. The Kier molecular flexibility index (Phi) is 6.69. The second kappa shape index (κ2) is 10.6. The number of nitrogens with zero attached hydrogens (tertiary/aromatic N) is 4. The first-order valence-electron chi connectivity index (χ1n) is 12.1. The van der Waals surface area contributed by atoms with Gasteiger partial charge in [-0.1, -0.05) is 85.1 Å². The van der Waals surface area contributed by atoms with E-state index in [0.29, 0.717) is 22.6 Å². The van der Waals surface area contributed by atoms with Crippen molar-refractivity contribution in [2.45, 2.75) is 0 Å². The molecule has 0 aliphatic carbocycles. The van der Waals surface area contributed by atoms with Crippen LogP contribution in [0.4, 0.5) is 0 Å². The van der Waals surface area contributed by atoms with Gasteiger partial charge in [0.2, 0.25) is 0 Å². The van der Waals surface area contributed by atoms with Crippen LogP contribution in [-0.2, 0) is 9.59 Å². The number of rotatable bonds is 4. The molecule has 0 N–H and O–H groups in total. The van der Waals surface area contributed by atoms with Crippen LogP contribution < -0.4 is 0 Å². The highest BCUT2D eigenvalue weighted by molar-refractivity contribution is 7.89. The molecule has 4 heterocycles. The molecular formula is C30H18N4O4S2. The van der Waals surface area contributed by atoms with Gasteiger partial charge in [0.25, 0.3) is 11.8 Å². The molecule has 4 aromatic rings. The SMILES string of the molecule is O=C1/C(=C/c2ccco2)N=C(c2ccccc2)N1C(=S)C(=S)N1C(=O)/C(=C\c2ccco2)N=C1c1ccccc1. The molecule has 0 saturated carbocycles. The van der Waals surface area contributed by atoms with Crippen molar-refractivity contribution in [2.24, 2.45) is 9.98 Å². The molecule has 2 amide bonds. The number of benzene rings is 2. The third-order valence-electron chi connectivity index (χ3n) is 6.02. The summed E-state index contributed by atoms with van der Waals surface area (Å²) in [7, 11) is 0. The lowest BCUT2D eigenvalue weighted by Gasteiger charge is -2.25. The standard InChI is InChI=1S/C30H18N4O4S2/c35-27-23(17-21-13-7-15-37-21)31-25(19-9-3-1-4-10-19)33(27)29(39)30(40)34-26(20-11-5-2-6-12-20)32-24(28(34)36)18-22-14-8-16-38-22/h1-18H/b23-17-,24-18+. The van der Waals surface area contributed by atoms with Crippen LogP contribution in [0.5, 0.6) is 0 Å². The Balaban J connectivity index is 1.40. The van der Waals surface area contributed by atoms with E-state index in [0.717, 1.165) is 0 Å². The van der Waals surface area contributed by atoms with E-state index in [4.69, 9.17) is 33.3 Å². The van der Waals surface area contributed by atoms with Crippen molar-refractivity contribution < 1.29 is 18.4 Å². The molecule has 40 heavy (non-hydrogen) atoms. The van der Waals surface area contributed by atoms with Gasteiger partial charge in [0.05, 0.1) is 12.5 Å². The molecular weight excluding hydrogens is 544 g/mol. The molecule has 0 saturated heterocycles. The first-order valence-corrected chi connectivity index (χ1v) is 12.9. The summed E-state index contributed by atoms with van der Waals surface area (Å²) in [6.45, 7) is 0. The quantitative estimate of drug-likeness (QED) is 0.241. The normalized spacial score (nSPS) is 17.1. The molecule has 2 aliphatic rings. The van der Waals surface area contributed by atoms with Crippen LogP contribution in [0.2, 0.25) is 0 Å². The molecule has 0 spiro atoms. The van der Waals surface area contributed by atoms with Crippen molar-refractivity contribution >= 4 is 70.1 Å². The van der Waals surface area contributed by atoms with E-state index in [1.807, 2.05) is 60.7 Å². The minimum Gasteiger partial charge on any atom is -0.465 e. The number of carbonyl (C=O) groups is 2. The number of hydrogen-bond acceptors (Lipinski definition) is 8. The fourth-order valence-electron chi connectivity index (χ4n) is 4.18. The van der Waals surface area contributed by atoms with Gasteiger partial charge in [0.1, 0.15) is 34.6 Å². The summed E-state index contributed by atoms with van der Waals surface area (Å²) in [5.74, 6) is 0.475. The van der Waals surface area contributed by atoms with Crippen molar-refractivity contribution in [2.75, 3.05) is 0 Å². The minimum absolute atomic E-state index is 0.0679. The number of aliphatic imine (C=N–C) groups is 2. The van der Waals surface area contributed by atoms with Gasteiger partial charge >= 0.3 is 0 Å². The molecule has 10 heteroatoms. The van der Waals surface area contributed by atoms with Gasteiger partial charge in [-0.15, -0.1) is 0 Å². The smallest absolute Gasteiger partial charge is 0.283 e. The van der Waals surface area contributed by atoms with Gasteiger partial charge in [-0.25, -0.2) is 19.8 Å². The summed E-state index contributed by atoms with van der Waals surface area (Å²) in [6.07, 6.45) is 6.06.